The van der Waals surface area contributed by atoms with Crippen LogP contribution in [0.2, 0.25) is 0 Å². The van der Waals surface area contributed by atoms with E-state index in [4.69, 9.17) is 19.9 Å². The van der Waals surface area contributed by atoms with Gasteiger partial charge in [-0.25, -0.2) is 9.78 Å². The summed E-state index contributed by atoms with van der Waals surface area (Å²) in [4.78, 5) is 28.8. The Balaban J connectivity index is 0.000000406. The Kier molecular flexibility index (Phi) is 7.85. The van der Waals surface area contributed by atoms with Crippen molar-refractivity contribution in [1.82, 2.24) is 19.7 Å². The van der Waals surface area contributed by atoms with Crippen LogP contribution in [0.1, 0.15) is 16.1 Å². The second kappa shape index (κ2) is 10.8. The number of alkyl halides is 3. The molecule has 9 nitrogen and oxygen atoms in total. The third-order valence-corrected chi connectivity index (χ3v) is 5.49. The molecule has 178 valence electrons. The van der Waals surface area contributed by atoms with Crippen molar-refractivity contribution in [2.24, 2.45) is 0 Å². The van der Waals surface area contributed by atoms with Crippen LogP contribution in [0.15, 0.2) is 48.1 Å². The Bertz CT molecular complexity index is 1160. The number of amides is 1. The third-order valence-electron chi connectivity index (χ3n) is 4.61. The van der Waals surface area contributed by atoms with Gasteiger partial charge in [0.05, 0.1) is 37.3 Å². The van der Waals surface area contributed by atoms with Crippen molar-refractivity contribution in [3.8, 4) is 11.9 Å². The highest BCUT2D eigenvalue weighted by Gasteiger charge is 2.38. The minimum atomic E-state index is -5.08. The molecule has 1 N–H and O–H groups in total. The van der Waals surface area contributed by atoms with Crippen LogP contribution < -0.4 is 4.74 Å². The first kappa shape index (κ1) is 24.7. The molecule has 0 bridgehead atoms. The number of nitriles is 1. The topological polar surface area (TPSA) is 121 Å². The Morgan fingerprint density at radius 1 is 1.26 bits per heavy atom. The molecule has 1 aliphatic heterocycles. The number of aliphatic carboxylic acids is 1. The van der Waals surface area contributed by atoms with Gasteiger partial charge in [0, 0.05) is 23.3 Å². The van der Waals surface area contributed by atoms with Gasteiger partial charge in [0.25, 0.3) is 0 Å². The predicted molar refractivity (Wildman–Crippen MR) is 113 cm³/mol. The van der Waals surface area contributed by atoms with Gasteiger partial charge in [-0.2, -0.15) is 23.5 Å². The minimum Gasteiger partial charge on any atom is -0.475 e. The SMILES string of the molecule is N#Cc1ccc(OC2CN(C(=O)Cc3cccs3)Cc3ccnn3C2)nc1.O=C(O)C(F)(F)F. The number of pyridine rings is 1. The van der Waals surface area contributed by atoms with Crippen LogP contribution in [0.4, 0.5) is 13.2 Å². The van der Waals surface area contributed by atoms with Crippen LogP contribution in [0, 0.1) is 11.3 Å². The van der Waals surface area contributed by atoms with Crippen LogP contribution >= 0.6 is 11.3 Å². The van der Waals surface area contributed by atoms with Crippen molar-refractivity contribution < 1.29 is 32.6 Å². The van der Waals surface area contributed by atoms with Gasteiger partial charge >= 0.3 is 12.1 Å². The first-order valence-electron chi connectivity index (χ1n) is 9.79. The molecule has 0 saturated heterocycles. The van der Waals surface area contributed by atoms with Gasteiger partial charge < -0.3 is 14.7 Å². The maximum absolute atomic E-state index is 12.8. The van der Waals surface area contributed by atoms with E-state index in [9.17, 15) is 18.0 Å². The van der Waals surface area contributed by atoms with E-state index in [-0.39, 0.29) is 12.0 Å². The van der Waals surface area contributed by atoms with Gasteiger partial charge in [-0.15, -0.1) is 11.3 Å². The Hall–Kier alpha value is -3.92. The van der Waals surface area contributed by atoms with Crippen LogP contribution in [-0.4, -0.2) is 55.5 Å². The zero-order valence-electron chi connectivity index (χ0n) is 17.5. The average molecular weight is 493 g/mol. The van der Waals surface area contributed by atoms with E-state index in [0.717, 1.165) is 10.6 Å². The highest BCUT2D eigenvalue weighted by molar-refractivity contribution is 7.10. The summed E-state index contributed by atoms with van der Waals surface area (Å²) < 4.78 is 39.6. The lowest BCUT2D eigenvalue weighted by atomic mass is 10.2. The molecule has 0 spiro atoms. The number of nitrogens with zero attached hydrogens (tertiary/aromatic N) is 5. The number of thiophene rings is 1. The van der Waals surface area contributed by atoms with Crippen LogP contribution in [0.3, 0.4) is 0 Å². The molecule has 1 unspecified atom stereocenters. The fourth-order valence-electron chi connectivity index (χ4n) is 3.04. The molecule has 3 aromatic heterocycles. The molecule has 0 radical (unpaired) electrons. The largest absolute Gasteiger partial charge is 0.490 e. The van der Waals surface area contributed by atoms with Gasteiger partial charge in [-0.1, -0.05) is 6.07 Å². The molecule has 4 heterocycles. The summed E-state index contributed by atoms with van der Waals surface area (Å²) in [5.41, 5.74) is 1.46. The first-order chi connectivity index (χ1) is 16.2. The number of hydrogen-bond donors (Lipinski definition) is 1. The van der Waals surface area contributed by atoms with E-state index < -0.39 is 12.1 Å². The van der Waals surface area contributed by atoms with Gasteiger partial charge in [-0.3, -0.25) is 9.48 Å². The van der Waals surface area contributed by atoms with Crippen molar-refractivity contribution in [2.75, 3.05) is 6.54 Å². The fourth-order valence-corrected chi connectivity index (χ4v) is 3.74. The highest BCUT2D eigenvalue weighted by Crippen LogP contribution is 2.19. The predicted octanol–water partition coefficient (Wildman–Crippen LogP) is 2.88. The van der Waals surface area contributed by atoms with Gasteiger partial charge in [0.15, 0.2) is 0 Å². The molecule has 3 aromatic rings. The maximum atomic E-state index is 12.8. The molecule has 0 aliphatic carbocycles. The first-order valence-corrected chi connectivity index (χ1v) is 10.7. The number of ether oxygens (including phenoxy) is 1. The quantitative estimate of drug-likeness (QED) is 0.593. The van der Waals surface area contributed by atoms with Crippen LogP contribution in [0.25, 0.3) is 0 Å². The average Bonchev–Trinajstić information content (AvgIpc) is 3.42. The van der Waals surface area contributed by atoms with Gasteiger partial charge in [0.2, 0.25) is 11.8 Å². The molecule has 13 heteroatoms. The lowest BCUT2D eigenvalue weighted by Crippen LogP contribution is -2.39. The number of carbonyl (C=O) groups is 2. The monoisotopic (exact) mass is 493 g/mol. The second-order valence-corrected chi connectivity index (χ2v) is 8.11. The number of halogens is 3. The summed E-state index contributed by atoms with van der Waals surface area (Å²) in [6.07, 6.45) is -1.77. The highest BCUT2D eigenvalue weighted by atomic mass is 32.1. The Labute approximate surface area is 195 Å². The second-order valence-electron chi connectivity index (χ2n) is 7.07. The molecule has 0 aromatic carbocycles. The number of aromatic nitrogens is 3. The lowest BCUT2D eigenvalue weighted by molar-refractivity contribution is -0.192. The molecule has 1 amide bonds. The molecule has 0 fully saturated rings. The number of fused-ring (bicyclic) bond motifs is 1. The summed E-state index contributed by atoms with van der Waals surface area (Å²) in [7, 11) is 0. The van der Waals surface area contributed by atoms with Crippen molar-refractivity contribution in [3.05, 3.63) is 64.2 Å². The molecular formula is C21H18F3N5O4S. The Morgan fingerprint density at radius 3 is 2.62 bits per heavy atom. The van der Waals surface area contributed by atoms with Crippen LogP contribution in [-0.2, 0) is 29.1 Å². The van der Waals surface area contributed by atoms with Crippen LogP contribution in [0.5, 0.6) is 5.88 Å². The van der Waals surface area contributed by atoms with E-state index in [1.165, 1.54) is 6.20 Å². The number of carboxylic acids is 1. The number of carbonyl (C=O) groups excluding carboxylic acids is 1. The Morgan fingerprint density at radius 2 is 2.03 bits per heavy atom. The number of hydrogen-bond acceptors (Lipinski definition) is 7. The molecule has 0 saturated carbocycles. The van der Waals surface area contributed by atoms with Crippen molar-refractivity contribution in [1.29, 1.82) is 5.26 Å². The van der Waals surface area contributed by atoms with E-state index in [0.29, 0.717) is 37.5 Å². The van der Waals surface area contributed by atoms with Crippen molar-refractivity contribution >= 4 is 23.2 Å². The standard InChI is InChI=1S/C19H17N5O2S.C2HF3O2/c20-9-14-3-4-18(21-10-14)26-16-12-23(11-15-5-6-22-24(15)13-16)19(25)8-17-2-1-7-27-17;3-2(4,5)1(6)7/h1-7,10,16H,8,11-13H2;(H,6,7). The summed E-state index contributed by atoms with van der Waals surface area (Å²) in [5, 5.41) is 22.3. The summed E-state index contributed by atoms with van der Waals surface area (Å²) >= 11 is 1.58. The lowest BCUT2D eigenvalue weighted by Gasteiger charge is -2.24. The van der Waals surface area contributed by atoms with E-state index >= 15 is 0 Å². The number of rotatable bonds is 4. The third kappa shape index (κ3) is 6.79. The van der Waals surface area contributed by atoms with Crippen molar-refractivity contribution in [2.45, 2.75) is 31.8 Å². The minimum absolute atomic E-state index is 0.0634. The van der Waals surface area contributed by atoms with E-state index in [2.05, 4.69) is 10.1 Å². The summed E-state index contributed by atoms with van der Waals surface area (Å²) in [6.45, 7) is 1.49. The van der Waals surface area contributed by atoms with Gasteiger partial charge in [0.1, 0.15) is 12.2 Å². The zero-order valence-corrected chi connectivity index (χ0v) is 18.3. The summed E-state index contributed by atoms with van der Waals surface area (Å²) in [6, 6.07) is 11.2. The van der Waals surface area contributed by atoms with Gasteiger partial charge in [-0.05, 0) is 23.6 Å². The molecule has 1 atom stereocenters. The number of carboxylic acid groups (broad SMARTS) is 1. The molecule has 1 aliphatic rings. The fraction of sp³-hybridized carbons (Fsp3) is 0.286. The van der Waals surface area contributed by atoms with E-state index in [1.807, 2.05) is 39.2 Å². The zero-order chi connectivity index (χ0) is 24.7. The molecular weight excluding hydrogens is 475 g/mol. The smallest absolute Gasteiger partial charge is 0.475 e. The van der Waals surface area contributed by atoms with E-state index in [1.54, 1.807) is 29.7 Å². The molecule has 4 rings (SSSR count). The molecule has 34 heavy (non-hydrogen) atoms. The summed E-state index contributed by atoms with van der Waals surface area (Å²) in [5.74, 6) is -2.26. The van der Waals surface area contributed by atoms with Crippen molar-refractivity contribution in [3.63, 3.8) is 0 Å². The normalized spacial score (nSPS) is 15.2. The maximum Gasteiger partial charge on any atom is 0.490 e.